The van der Waals surface area contributed by atoms with Gasteiger partial charge in [0.2, 0.25) is 11.8 Å². The maximum Gasteiger partial charge on any atom is 0.326 e. The van der Waals surface area contributed by atoms with Crippen LogP contribution in [0.3, 0.4) is 0 Å². The van der Waals surface area contributed by atoms with Crippen molar-refractivity contribution < 1.29 is 24.6 Å². The molecule has 2 atom stereocenters. The van der Waals surface area contributed by atoms with Crippen molar-refractivity contribution in [1.82, 2.24) is 10.2 Å². The van der Waals surface area contributed by atoms with E-state index in [4.69, 9.17) is 15.9 Å². The molecule has 1 aliphatic rings. The van der Waals surface area contributed by atoms with Crippen LogP contribution in [0, 0.1) is 0 Å². The molecule has 1 rings (SSSR count). The predicted molar refractivity (Wildman–Crippen MR) is 60.4 cm³/mol. The highest BCUT2D eigenvalue weighted by Gasteiger charge is 2.33. The van der Waals surface area contributed by atoms with Gasteiger partial charge < -0.3 is 26.2 Å². The second-order valence-electron chi connectivity index (χ2n) is 4.09. The topological polar surface area (TPSA) is 133 Å². The number of nitrogens with two attached hydrogens (primary N) is 1. The largest absolute Gasteiger partial charge is 0.480 e. The van der Waals surface area contributed by atoms with Gasteiger partial charge >= 0.3 is 5.97 Å². The van der Waals surface area contributed by atoms with Crippen LogP contribution < -0.4 is 11.1 Å². The Morgan fingerprint density at radius 1 is 1.44 bits per heavy atom. The maximum atomic E-state index is 11.7. The Morgan fingerprint density at radius 2 is 2.11 bits per heavy atom. The lowest BCUT2D eigenvalue weighted by Crippen LogP contribution is -2.49. The van der Waals surface area contributed by atoms with Crippen molar-refractivity contribution in [2.75, 3.05) is 19.7 Å². The normalized spacial score (nSPS) is 20.6. The summed E-state index contributed by atoms with van der Waals surface area (Å²) in [5.41, 5.74) is 5.25. The summed E-state index contributed by atoms with van der Waals surface area (Å²) >= 11 is 0. The van der Waals surface area contributed by atoms with E-state index in [1.165, 1.54) is 4.90 Å². The second-order valence-corrected chi connectivity index (χ2v) is 4.09. The standard InChI is InChI=1S/C10H17N3O5/c11-6(5-14)9(16)12-4-8(15)13-3-1-2-7(13)10(17)18/h6-7,14H,1-5,11H2,(H,12,16)(H,17,18)/t6-,7-/m0/s1. The van der Waals surface area contributed by atoms with Crippen molar-refractivity contribution in [1.29, 1.82) is 0 Å². The Labute approximate surface area is 104 Å². The zero-order chi connectivity index (χ0) is 13.7. The van der Waals surface area contributed by atoms with Crippen LogP contribution in [-0.2, 0) is 14.4 Å². The first-order chi connectivity index (χ1) is 8.47. The van der Waals surface area contributed by atoms with Crippen LogP contribution in [0.15, 0.2) is 0 Å². The van der Waals surface area contributed by atoms with Gasteiger partial charge in [0.05, 0.1) is 13.2 Å². The van der Waals surface area contributed by atoms with Crippen molar-refractivity contribution >= 4 is 17.8 Å². The van der Waals surface area contributed by atoms with Crippen LogP contribution in [0.2, 0.25) is 0 Å². The molecule has 0 aromatic heterocycles. The molecule has 0 aromatic rings. The lowest BCUT2D eigenvalue weighted by molar-refractivity contribution is -0.148. The zero-order valence-electron chi connectivity index (χ0n) is 9.83. The summed E-state index contributed by atoms with van der Waals surface area (Å²) in [5.74, 6) is -2.14. The Balaban J connectivity index is 2.46. The van der Waals surface area contributed by atoms with E-state index in [1.54, 1.807) is 0 Å². The minimum atomic E-state index is -1.08. The van der Waals surface area contributed by atoms with Gasteiger partial charge in [0.1, 0.15) is 12.1 Å². The summed E-state index contributed by atoms with van der Waals surface area (Å²) in [6.07, 6.45) is 1.05. The van der Waals surface area contributed by atoms with Gasteiger partial charge in [-0.05, 0) is 12.8 Å². The molecule has 0 spiro atoms. The van der Waals surface area contributed by atoms with E-state index in [0.29, 0.717) is 19.4 Å². The van der Waals surface area contributed by atoms with E-state index in [0.717, 1.165) is 0 Å². The van der Waals surface area contributed by atoms with Gasteiger partial charge in [-0.1, -0.05) is 0 Å². The number of hydrogen-bond acceptors (Lipinski definition) is 5. The molecule has 1 aliphatic heterocycles. The first-order valence-electron chi connectivity index (χ1n) is 5.63. The van der Waals surface area contributed by atoms with Gasteiger partial charge in [-0.15, -0.1) is 0 Å². The van der Waals surface area contributed by atoms with Crippen LogP contribution in [0.4, 0.5) is 0 Å². The third-order valence-electron chi connectivity index (χ3n) is 2.81. The van der Waals surface area contributed by atoms with E-state index in [1.807, 2.05) is 0 Å². The minimum Gasteiger partial charge on any atom is -0.480 e. The predicted octanol–water partition coefficient (Wildman–Crippen LogP) is -2.50. The summed E-state index contributed by atoms with van der Waals surface area (Å²) in [4.78, 5) is 35.0. The molecule has 18 heavy (non-hydrogen) atoms. The molecule has 5 N–H and O–H groups in total. The molecule has 0 bridgehead atoms. The molecule has 1 fully saturated rings. The Morgan fingerprint density at radius 3 is 2.67 bits per heavy atom. The quantitative estimate of drug-likeness (QED) is 0.431. The van der Waals surface area contributed by atoms with Crippen LogP contribution in [-0.4, -0.2) is 64.7 Å². The third-order valence-corrected chi connectivity index (χ3v) is 2.81. The molecule has 2 amide bonds. The summed E-state index contributed by atoms with van der Waals surface area (Å²) < 4.78 is 0. The molecule has 0 aromatic carbocycles. The van der Waals surface area contributed by atoms with Crippen LogP contribution in [0.25, 0.3) is 0 Å². The summed E-state index contributed by atoms with van der Waals surface area (Å²) in [5, 5.41) is 19.8. The van der Waals surface area contributed by atoms with Crippen LogP contribution in [0.5, 0.6) is 0 Å². The molecule has 1 heterocycles. The number of nitrogens with zero attached hydrogens (tertiary/aromatic N) is 1. The Hall–Kier alpha value is -1.67. The van der Waals surface area contributed by atoms with E-state index < -0.39 is 36.5 Å². The van der Waals surface area contributed by atoms with E-state index >= 15 is 0 Å². The number of aliphatic hydroxyl groups excluding tert-OH is 1. The maximum absolute atomic E-state index is 11.7. The van der Waals surface area contributed by atoms with Crippen molar-refractivity contribution in [3.05, 3.63) is 0 Å². The molecule has 1 saturated heterocycles. The summed E-state index contributed by atoms with van der Waals surface area (Å²) in [6.45, 7) is -0.449. The number of aliphatic hydroxyl groups is 1. The lowest BCUT2D eigenvalue weighted by Gasteiger charge is -2.21. The fourth-order valence-corrected chi connectivity index (χ4v) is 1.80. The number of rotatable bonds is 5. The van der Waals surface area contributed by atoms with Gasteiger partial charge in [-0.3, -0.25) is 9.59 Å². The molecule has 102 valence electrons. The minimum absolute atomic E-state index is 0.309. The zero-order valence-corrected chi connectivity index (χ0v) is 9.83. The van der Waals surface area contributed by atoms with Gasteiger partial charge in [0.15, 0.2) is 0 Å². The monoisotopic (exact) mass is 259 g/mol. The highest BCUT2D eigenvalue weighted by molar-refractivity contribution is 5.89. The SMILES string of the molecule is N[C@@H](CO)C(=O)NCC(=O)N1CCC[C@H]1C(=O)O. The van der Waals surface area contributed by atoms with Crippen molar-refractivity contribution in [2.45, 2.75) is 24.9 Å². The third kappa shape index (κ3) is 3.41. The smallest absolute Gasteiger partial charge is 0.326 e. The first-order valence-corrected chi connectivity index (χ1v) is 5.63. The first kappa shape index (κ1) is 14.4. The molecule has 8 heteroatoms. The van der Waals surface area contributed by atoms with E-state index in [2.05, 4.69) is 5.32 Å². The number of carboxylic acid groups (broad SMARTS) is 1. The Bertz CT molecular complexity index is 346. The Kier molecular flexibility index (Phi) is 5.05. The number of carbonyl (C=O) groups excluding carboxylic acids is 2. The fourth-order valence-electron chi connectivity index (χ4n) is 1.80. The second kappa shape index (κ2) is 6.31. The molecular weight excluding hydrogens is 242 g/mol. The highest BCUT2D eigenvalue weighted by atomic mass is 16.4. The van der Waals surface area contributed by atoms with Gasteiger partial charge in [-0.2, -0.15) is 0 Å². The number of likely N-dealkylation sites (tertiary alicyclic amines) is 1. The lowest BCUT2D eigenvalue weighted by atomic mass is 10.2. The number of carbonyl (C=O) groups is 3. The van der Waals surface area contributed by atoms with Crippen molar-refractivity contribution in [3.63, 3.8) is 0 Å². The molecule has 0 unspecified atom stereocenters. The number of carboxylic acids is 1. The van der Waals surface area contributed by atoms with Crippen molar-refractivity contribution in [2.24, 2.45) is 5.73 Å². The van der Waals surface area contributed by atoms with Gasteiger partial charge in [0, 0.05) is 6.54 Å². The molecular formula is C10H17N3O5. The van der Waals surface area contributed by atoms with Gasteiger partial charge in [0.25, 0.3) is 0 Å². The molecule has 8 nitrogen and oxygen atoms in total. The number of nitrogens with one attached hydrogen (secondary N) is 1. The summed E-state index contributed by atoms with van der Waals surface area (Å²) in [7, 11) is 0. The highest BCUT2D eigenvalue weighted by Crippen LogP contribution is 2.17. The van der Waals surface area contributed by atoms with Crippen LogP contribution in [0.1, 0.15) is 12.8 Å². The number of aliphatic carboxylic acids is 1. The molecule has 0 saturated carbocycles. The van der Waals surface area contributed by atoms with E-state index in [-0.39, 0.29) is 6.54 Å². The van der Waals surface area contributed by atoms with Gasteiger partial charge in [-0.25, -0.2) is 4.79 Å². The van der Waals surface area contributed by atoms with Crippen molar-refractivity contribution in [3.8, 4) is 0 Å². The number of amides is 2. The molecule has 0 aliphatic carbocycles. The van der Waals surface area contributed by atoms with E-state index in [9.17, 15) is 14.4 Å². The van der Waals surface area contributed by atoms with Crippen LogP contribution >= 0.6 is 0 Å². The number of hydrogen-bond donors (Lipinski definition) is 4. The average molecular weight is 259 g/mol. The average Bonchev–Trinajstić information content (AvgIpc) is 2.83. The summed E-state index contributed by atoms with van der Waals surface area (Å²) in [6, 6.07) is -1.90. The molecule has 0 radical (unpaired) electrons. The fraction of sp³-hybridized carbons (Fsp3) is 0.700.